The van der Waals surface area contributed by atoms with Crippen molar-refractivity contribution < 1.29 is 14.3 Å². The van der Waals surface area contributed by atoms with Crippen LogP contribution in [0.25, 0.3) is 0 Å². The molecule has 1 heterocycles. The number of rotatable bonds is 3. The van der Waals surface area contributed by atoms with Gasteiger partial charge >= 0.3 is 5.97 Å². The first-order valence-corrected chi connectivity index (χ1v) is 4.47. The number of aryl methyl sites for hydroxylation is 1. The monoisotopic (exact) mass is 209 g/mol. The molecule has 1 aromatic heterocycles. The normalized spacial score (nSPS) is 9.73. The fraction of sp³-hybridized carbons (Fsp3) is 0.300. The predicted molar refractivity (Wildman–Crippen MR) is 52.8 cm³/mol. The zero-order valence-electron chi connectivity index (χ0n) is 8.49. The lowest BCUT2D eigenvalue weighted by Gasteiger charge is -2.01. The molecule has 5 heteroatoms. The maximum Gasteiger partial charge on any atom is 0.379 e. The Balaban J connectivity index is 2.97. The van der Waals surface area contributed by atoms with Crippen molar-refractivity contribution in [3.63, 3.8) is 0 Å². The van der Waals surface area contributed by atoms with Crippen molar-refractivity contribution in [2.45, 2.75) is 13.8 Å². The third-order valence-corrected chi connectivity index (χ3v) is 1.81. The fourth-order valence-electron chi connectivity index (χ4n) is 1.04. The topological polar surface area (TPSA) is 76.2 Å². The van der Waals surface area contributed by atoms with E-state index in [0.29, 0.717) is 5.56 Å². The third-order valence-electron chi connectivity index (χ3n) is 1.81. The van der Waals surface area contributed by atoms with Crippen LogP contribution in [0.2, 0.25) is 0 Å². The zero-order valence-corrected chi connectivity index (χ0v) is 8.49. The van der Waals surface area contributed by atoms with Gasteiger partial charge in [-0.25, -0.2) is 4.79 Å². The molecule has 0 saturated carbocycles. The van der Waals surface area contributed by atoms with Crippen LogP contribution in [-0.4, -0.2) is 23.3 Å². The molecule has 0 aliphatic rings. The molecule has 5 nitrogen and oxygen atoms in total. The molecule has 0 saturated heterocycles. The van der Waals surface area contributed by atoms with Crippen LogP contribution in [0, 0.1) is 6.92 Å². The van der Waals surface area contributed by atoms with Crippen LogP contribution in [0.3, 0.4) is 0 Å². The highest BCUT2D eigenvalue weighted by molar-refractivity contribution is 6.40. The molecule has 1 rings (SSSR count). The molecule has 0 aliphatic carbocycles. The maximum absolute atomic E-state index is 11.4. The van der Waals surface area contributed by atoms with Crippen molar-refractivity contribution in [1.82, 2.24) is 4.98 Å². The number of pyridine rings is 1. The van der Waals surface area contributed by atoms with Crippen LogP contribution in [0.4, 0.5) is 0 Å². The quantitative estimate of drug-likeness (QED) is 0.445. The number of ether oxygens (including phenoxy) is 1. The van der Waals surface area contributed by atoms with Gasteiger partial charge in [0.05, 0.1) is 6.61 Å². The lowest BCUT2D eigenvalue weighted by molar-refractivity contribution is -0.137. The molecule has 0 radical (unpaired) electrons. The Bertz CT molecular complexity index is 447. The van der Waals surface area contributed by atoms with Gasteiger partial charge in [-0.1, -0.05) is 0 Å². The lowest BCUT2D eigenvalue weighted by Crippen LogP contribution is -2.20. The average molecular weight is 209 g/mol. The van der Waals surface area contributed by atoms with E-state index in [0.717, 1.165) is 0 Å². The summed E-state index contributed by atoms with van der Waals surface area (Å²) in [5, 5.41) is 0. The van der Waals surface area contributed by atoms with Crippen molar-refractivity contribution in [3.8, 4) is 0 Å². The number of aromatic nitrogens is 1. The van der Waals surface area contributed by atoms with Gasteiger partial charge in [0.15, 0.2) is 0 Å². The minimum absolute atomic E-state index is 0.130. The summed E-state index contributed by atoms with van der Waals surface area (Å²) in [5.41, 5.74) is 0.228. The molecule has 80 valence electrons. The minimum atomic E-state index is -0.913. The number of esters is 1. The largest absolute Gasteiger partial charge is 0.460 e. The lowest BCUT2D eigenvalue weighted by atomic mass is 10.1. The molecule has 0 unspecified atom stereocenters. The number of nitrogens with one attached hydrogen (secondary N) is 1. The number of hydrogen-bond acceptors (Lipinski definition) is 4. The summed E-state index contributed by atoms with van der Waals surface area (Å²) in [6, 6.07) is 1.36. The Morgan fingerprint density at radius 1 is 1.47 bits per heavy atom. The van der Waals surface area contributed by atoms with Crippen LogP contribution in [0.5, 0.6) is 0 Å². The first kappa shape index (κ1) is 11.2. The number of aromatic amines is 1. The van der Waals surface area contributed by atoms with Gasteiger partial charge in [0.1, 0.15) is 0 Å². The van der Waals surface area contributed by atoms with Gasteiger partial charge < -0.3 is 9.72 Å². The highest BCUT2D eigenvalue weighted by Gasteiger charge is 2.17. The van der Waals surface area contributed by atoms with Crippen molar-refractivity contribution in [2.24, 2.45) is 0 Å². The molecule has 0 bridgehead atoms. The van der Waals surface area contributed by atoms with Crippen molar-refractivity contribution in [1.29, 1.82) is 0 Å². The number of H-pyrrole nitrogens is 1. The van der Waals surface area contributed by atoms with Crippen LogP contribution in [0.1, 0.15) is 22.8 Å². The van der Waals surface area contributed by atoms with E-state index in [2.05, 4.69) is 9.72 Å². The Morgan fingerprint density at radius 2 is 2.13 bits per heavy atom. The smallest absolute Gasteiger partial charge is 0.379 e. The molecule has 15 heavy (non-hydrogen) atoms. The second-order valence-electron chi connectivity index (χ2n) is 2.95. The van der Waals surface area contributed by atoms with Gasteiger partial charge in [-0.15, -0.1) is 0 Å². The first-order chi connectivity index (χ1) is 7.06. The summed E-state index contributed by atoms with van der Waals surface area (Å²) < 4.78 is 4.55. The highest BCUT2D eigenvalue weighted by Crippen LogP contribution is 2.00. The highest BCUT2D eigenvalue weighted by atomic mass is 16.5. The van der Waals surface area contributed by atoms with Crippen molar-refractivity contribution in [3.05, 3.63) is 33.7 Å². The standard InChI is InChI=1S/C10H11NO4/c1-3-15-10(14)8(12)7-4-6(2)9(13)11-5-7/h4-5H,3H2,1-2H3,(H,11,13). The van der Waals surface area contributed by atoms with E-state index in [1.54, 1.807) is 13.8 Å². The Hall–Kier alpha value is -1.91. The van der Waals surface area contributed by atoms with Crippen molar-refractivity contribution in [2.75, 3.05) is 6.61 Å². The third kappa shape index (κ3) is 2.52. The van der Waals surface area contributed by atoms with Gasteiger partial charge in [-0.2, -0.15) is 0 Å². The second kappa shape index (κ2) is 4.54. The Kier molecular flexibility index (Phi) is 3.38. The molecule has 0 aromatic carbocycles. The van der Waals surface area contributed by atoms with E-state index in [9.17, 15) is 14.4 Å². The summed E-state index contributed by atoms with van der Waals surface area (Å²) in [6.45, 7) is 3.32. The Labute approximate surface area is 86.1 Å². The predicted octanol–water partition coefficient (Wildman–Crippen LogP) is 0.429. The van der Waals surface area contributed by atoms with Gasteiger partial charge in [-0.3, -0.25) is 9.59 Å². The first-order valence-electron chi connectivity index (χ1n) is 4.47. The van der Waals surface area contributed by atoms with E-state index in [4.69, 9.17) is 0 Å². The maximum atomic E-state index is 11.4. The molecule has 0 aliphatic heterocycles. The summed E-state index contributed by atoms with van der Waals surface area (Å²) in [7, 11) is 0. The van der Waals surface area contributed by atoms with Gasteiger partial charge in [0.2, 0.25) is 0 Å². The SMILES string of the molecule is CCOC(=O)C(=O)c1c[nH]c(=O)c(C)c1. The van der Waals surface area contributed by atoms with E-state index < -0.39 is 11.8 Å². The van der Waals surface area contributed by atoms with Crippen LogP contribution in [0.15, 0.2) is 17.1 Å². The number of Topliss-reactive ketones (excluding diaryl/α,β-unsaturated/α-hetero) is 1. The average Bonchev–Trinajstić information content (AvgIpc) is 2.21. The number of hydrogen-bond donors (Lipinski definition) is 1. The van der Waals surface area contributed by atoms with Crippen LogP contribution < -0.4 is 5.56 Å². The van der Waals surface area contributed by atoms with Gasteiger partial charge in [0.25, 0.3) is 11.3 Å². The fourth-order valence-corrected chi connectivity index (χ4v) is 1.04. The molecule has 0 fully saturated rings. The van der Waals surface area contributed by atoms with E-state index >= 15 is 0 Å². The molecular weight excluding hydrogens is 198 g/mol. The van der Waals surface area contributed by atoms with E-state index in [1.807, 2.05) is 0 Å². The molecule has 1 N–H and O–H groups in total. The minimum Gasteiger partial charge on any atom is -0.460 e. The summed E-state index contributed by atoms with van der Waals surface area (Å²) in [6.07, 6.45) is 1.20. The van der Waals surface area contributed by atoms with Crippen molar-refractivity contribution >= 4 is 11.8 Å². The van der Waals surface area contributed by atoms with Crippen LogP contribution in [-0.2, 0) is 9.53 Å². The van der Waals surface area contributed by atoms with E-state index in [-0.39, 0.29) is 17.7 Å². The zero-order chi connectivity index (χ0) is 11.4. The van der Waals surface area contributed by atoms with Crippen LogP contribution >= 0.6 is 0 Å². The van der Waals surface area contributed by atoms with E-state index in [1.165, 1.54) is 12.3 Å². The summed E-state index contributed by atoms with van der Waals surface area (Å²) >= 11 is 0. The molecule has 0 spiro atoms. The summed E-state index contributed by atoms with van der Waals surface area (Å²) in [5.74, 6) is -1.67. The van der Waals surface area contributed by atoms with Gasteiger partial charge in [-0.05, 0) is 19.9 Å². The number of ketones is 1. The summed E-state index contributed by atoms with van der Waals surface area (Å²) in [4.78, 5) is 35.8. The number of carbonyl (C=O) groups excluding carboxylic acids is 2. The van der Waals surface area contributed by atoms with Gasteiger partial charge in [0, 0.05) is 17.3 Å². The molecule has 1 aromatic rings. The molecule has 0 atom stereocenters. The number of carbonyl (C=O) groups is 2. The molecular formula is C10H11NO4. The second-order valence-corrected chi connectivity index (χ2v) is 2.95. The molecule has 0 amide bonds. The Morgan fingerprint density at radius 3 is 2.67 bits per heavy atom.